The fourth-order valence-electron chi connectivity index (χ4n) is 1.35. The highest BCUT2D eigenvalue weighted by Crippen LogP contribution is 2.10. The summed E-state index contributed by atoms with van der Waals surface area (Å²) < 4.78 is 13.3. The molecule has 0 fully saturated rings. The number of nitrogens with two attached hydrogens (primary N) is 1. The molecule has 0 saturated carbocycles. The Balaban J connectivity index is 2.05. The highest BCUT2D eigenvalue weighted by atomic mass is 19.1. The molecule has 6 heteroatoms. The van der Waals surface area contributed by atoms with Crippen LogP contribution in [-0.2, 0) is 6.54 Å². The minimum atomic E-state index is -0.249. The van der Waals surface area contributed by atoms with Crippen LogP contribution in [0.3, 0.4) is 0 Å². The largest absolute Gasteiger partial charge is 0.365 e. The second-order valence-electron chi connectivity index (χ2n) is 3.38. The summed E-state index contributed by atoms with van der Waals surface area (Å²) in [5.41, 5.74) is 2.96. The monoisotopic (exact) mass is 233 g/mol. The lowest BCUT2D eigenvalue weighted by molar-refractivity contribution is 0.613. The van der Waals surface area contributed by atoms with Crippen molar-refractivity contribution >= 4 is 11.6 Å². The molecule has 0 atom stereocenters. The van der Waals surface area contributed by atoms with Crippen LogP contribution in [0.5, 0.6) is 0 Å². The fourth-order valence-corrected chi connectivity index (χ4v) is 1.35. The van der Waals surface area contributed by atoms with Crippen molar-refractivity contribution in [3.05, 3.63) is 48.0 Å². The summed E-state index contributed by atoms with van der Waals surface area (Å²) in [5, 5.41) is 2.97. The molecule has 0 unspecified atom stereocenters. The zero-order valence-electron chi connectivity index (χ0n) is 9.02. The van der Waals surface area contributed by atoms with Crippen LogP contribution in [0.4, 0.5) is 16.0 Å². The third-order valence-corrected chi connectivity index (χ3v) is 2.20. The average Bonchev–Trinajstić information content (AvgIpc) is 2.38. The molecule has 0 aliphatic heterocycles. The summed E-state index contributed by atoms with van der Waals surface area (Å²) in [6.07, 6.45) is 3.04. The van der Waals surface area contributed by atoms with Crippen molar-refractivity contribution in [1.82, 2.24) is 9.97 Å². The van der Waals surface area contributed by atoms with E-state index in [2.05, 4.69) is 20.7 Å². The normalized spacial score (nSPS) is 10.0. The number of halogens is 1. The Kier molecular flexibility index (Phi) is 3.46. The van der Waals surface area contributed by atoms with E-state index in [0.29, 0.717) is 23.7 Å². The minimum Gasteiger partial charge on any atom is -0.365 e. The molecule has 0 radical (unpaired) electrons. The average molecular weight is 233 g/mol. The Hall–Kier alpha value is -2.21. The maximum absolute atomic E-state index is 13.3. The summed E-state index contributed by atoms with van der Waals surface area (Å²) in [6, 6.07) is 6.56. The first-order chi connectivity index (χ1) is 8.29. The molecular formula is C11H12FN5. The van der Waals surface area contributed by atoms with Gasteiger partial charge in [-0.05, 0) is 6.07 Å². The molecule has 2 aromatic rings. The zero-order chi connectivity index (χ0) is 12.1. The maximum Gasteiger partial charge on any atom is 0.160 e. The highest BCUT2D eigenvalue weighted by molar-refractivity contribution is 5.41. The molecule has 17 heavy (non-hydrogen) atoms. The Morgan fingerprint density at radius 2 is 1.94 bits per heavy atom. The number of nitrogens with one attached hydrogen (secondary N) is 2. The topological polar surface area (TPSA) is 75.9 Å². The minimum absolute atomic E-state index is 0.249. The molecule has 0 saturated heterocycles. The highest BCUT2D eigenvalue weighted by Gasteiger charge is 2.01. The first-order valence-corrected chi connectivity index (χ1v) is 5.05. The molecule has 2 rings (SSSR count). The van der Waals surface area contributed by atoms with E-state index in [1.807, 2.05) is 0 Å². The Bertz CT molecular complexity index is 503. The summed E-state index contributed by atoms with van der Waals surface area (Å²) in [6.45, 7) is 0.343. The first kappa shape index (κ1) is 11.3. The lowest BCUT2D eigenvalue weighted by Gasteiger charge is -2.07. The van der Waals surface area contributed by atoms with Gasteiger partial charge in [0.25, 0.3) is 0 Å². The van der Waals surface area contributed by atoms with Gasteiger partial charge in [-0.3, -0.25) is 4.98 Å². The van der Waals surface area contributed by atoms with Gasteiger partial charge in [-0.1, -0.05) is 18.2 Å². The molecule has 1 heterocycles. The van der Waals surface area contributed by atoms with Gasteiger partial charge in [-0.2, -0.15) is 0 Å². The molecule has 0 bridgehead atoms. The smallest absolute Gasteiger partial charge is 0.160 e. The lowest BCUT2D eigenvalue weighted by atomic mass is 10.2. The Labute approximate surface area is 97.9 Å². The molecule has 1 aromatic carbocycles. The van der Waals surface area contributed by atoms with Gasteiger partial charge < -0.3 is 10.7 Å². The van der Waals surface area contributed by atoms with Crippen molar-refractivity contribution in [2.45, 2.75) is 6.54 Å². The molecule has 0 amide bonds. The number of hydrogen-bond acceptors (Lipinski definition) is 5. The number of nitrogens with zero attached hydrogens (tertiary/aromatic N) is 2. The van der Waals surface area contributed by atoms with Crippen LogP contribution in [-0.4, -0.2) is 9.97 Å². The number of benzene rings is 1. The fraction of sp³-hybridized carbons (Fsp3) is 0.0909. The van der Waals surface area contributed by atoms with E-state index < -0.39 is 0 Å². The molecule has 0 spiro atoms. The van der Waals surface area contributed by atoms with Crippen molar-refractivity contribution in [2.75, 3.05) is 10.7 Å². The summed E-state index contributed by atoms with van der Waals surface area (Å²) in [5.74, 6) is 5.94. The van der Waals surface area contributed by atoms with Gasteiger partial charge in [-0.15, -0.1) is 0 Å². The van der Waals surface area contributed by atoms with Gasteiger partial charge in [0, 0.05) is 12.1 Å². The van der Waals surface area contributed by atoms with Crippen molar-refractivity contribution in [2.24, 2.45) is 5.84 Å². The molecule has 5 nitrogen and oxygen atoms in total. The van der Waals surface area contributed by atoms with Gasteiger partial charge >= 0.3 is 0 Å². The van der Waals surface area contributed by atoms with E-state index in [1.165, 1.54) is 12.3 Å². The van der Waals surface area contributed by atoms with Gasteiger partial charge in [0.15, 0.2) is 5.82 Å². The Morgan fingerprint density at radius 3 is 2.71 bits per heavy atom. The van der Waals surface area contributed by atoms with E-state index in [0.717, 1.165) is 0 Å². The van der Waals surface area contributed by atoms with Crippen LogP contribution in [0.2, 0.25) is 0 Å². The second-order valence-corrected chi connectivity index (χ2v) is 3.38. The third-order valence-electron chi connectivity index (χ3n) is 2.20. The summed E-state index contributed by atoms with van der Waals surface area (Å²) in [7, 11) is 0. The van der Waals surface area contributed by atoms with Crippen LogP contribution in [0.1, 0.15) is 5.56 Å². The van der Waals surface area contributed by atoms with E-state index in [9.17, 15) is 4.39 Å². The van der Waals surface area contributed by atoms with Gasteiger partial charge in [-0.25, -0.2) is 15.2 Å². The van der Waals surface area contributed by atoms with Gasteiger partial charge in [0.05, 0.1) is 12.4 Å². The van der Waals surface area contributed by atoms with E-state index in [-0.39, 0.29) is 5.82 Å². The SMILES string of the molecule is NNc1cncc(NCc2ccccc2F)n1. The Morgan fingerprint density at radius 1 is 1.18 bits per heavy atom. The third kappa shape index (κ3) is 2.88. The zero-order valence-corrected chi connectivity index (χ0v) is 9.02. The van der Waals surface area contributed by atoms with E-state index in [4.69, 9.17) is 5.84 Å². The van der Waals surface area contributed by atoms with Crippen LogP contribution in [0.25, 0.3) is 0 Å². The second kappa shape index (κ2) is 5.22. The predicted molar refractivity (Wildman–Crippen MR) is 63.6 cm³/mol. The van der Waals surface area contributed by atoms with Crippen LogP contribution in [0.15, 0.2) is 36.7 Å². The summed E-state index contributed by atoms with van der Waals surface area (Å²) in [4.78, 5) is 8.03. The lowest BCUT2D eigenvalue weighted by Crippen LogP contribution is -2.10. The van der Waals surface area contributed by atoms with Crippen molar-refractivity contribution in [1.29, 1.82) is 0 Å². The number of anilines is 2. The van der Waals surface area contributed by atoms with E-state index in [1.54, 1.807) is 24.4 Å². The van der Waals surface area contributed by atoms with Crippen LogP contribution < -0.4 is 16.6 Å². The van der Waals surface area contributed by atoms with E-state index >= 15 is 0 Å². The number of aromatic nitrogens is 2. The van der Waals surface area contributed by atoms with Gasteiger partial charge in [0.1, 0.15) is 11.6 Å². The molecular weight excluding hydrogens is 221 g/mol. The van der Waals surface area contributed by atoms with Crippen molar-refractivity contribution in [3.8, 4) is 0 Å². The molecule has 0 aliphatic carbocycles. The number of hydrogen-bond donors (Lipinski definition) is 3. The first-order valence-electron chi connectivity index (χ1n) is 5.05. The number of hydrazine groups is 1. The number of nitrogen functional groups attached to an aromatic ring is 1. The maximum atomic E-state index is 13.3. The standard InChI is InChI=1S/C11H12FN5/c12-9-4-2-1-3-8(9)5-15-10-6-14-7-11(16-10)17-13/h1-4,6-7H,5,13H2,(H2,15,16,17). The quantitative estimate of drug-likeness (QED) is 0.551. The van der Waals surface area contributed by atoms with Gasteiger partial charge in [0.2, 0.25) is 0 Å². The van der Waals surface area contributed by atoms with Crippen molar-refractivity contribution in [3.63, 3.8) is 0 Å². The molecule has 0 aliphatic rings. The molecule has 88 valence electrons. The molecule has 1 aromatic heterocycles. The molecule has 4 N–H and O–H groups in total. The summed E-state index contributed by atoms with van der Waals surface area (Å²) >= 11 is 0. The predicted octanol–water partition coefficient (Wildman–Crippen LogP) is 1.51. The van der Waals surface area contributed by atoms with Crippen molar-refractivity contribution < 1.29 is 4.39 Å². The van der Waals surface area contributed by atoms with Crippen LogP contribution in [0, 0.1) is 5.82 Å². The van der Waals surface area contributed by atoms with Crippen LogP contribution >= 0.6 is 0 Å². The number of rotatable bonds is 4.